The third-order valence-corrected chi connectivity index (χ3v) is 4.41. The number of nitrogens with zero attached hydrogens (tertiary/aromatic N) is 2. The Morgan fingerprint density at radius 2 is 1.79 bits per heavy atom. The van der Waals surface area contributed by atoms with Crippen molar-refractivity contribution in [2.45, 2.75) is 12.8 Å². The van der Waals surface area contributed by atoms with Crippen molar-refractivity contribution >= 4 is 33.3 Å². The Kier molecular flexibility index (Phi) is 4.80. The molecule has 0 aromatic heterocycles. The van der Waals surface area contributed by atoms with Crippen molar-refractivity contribution in [1.82, 2.24) is 0 Å². The molecule has 0 amide bonds. The molecule has 0 atom stereocenters. The van der Waals surface area contributed by atoms with Gasteiger partial charge in [0.1, 0.15) is 5.75 Å². The molecule has 0 spiro atoms. The Bertz CT molecular complexity index is 771. The Labute approximate surface area is 147 Å². The van der Waals surface area contributed by atoms with Crippen LogP contribution in [0.4, 0.5) is 11.4 Å². The molecule has 24 heavy (non-hydrogen) atoms. The molecule has 0 N–H and O–H groups in total. The van der Waals surface area contributed by atoms with Gasteiger partial charge in [-0.25, -0.2) is 4.79 Å². The van der Waals surface area contributed by atoms with E-state index in [0.29, 0.717) is 11.4 Å². The fourth-order valence-electron chi connectivity index (χ4n) is 2.70. The summed E-state index contributed by atoms with van der Waals surface area (Å²) >= 11 is 3.32. The molecule has 1 aliphatic heterocycles. The third kappa shape index (κ3) is 3.56. The van der Waals surface area contributed by atoms with Gasteiger partial charge in [-0.05, 0) is 43.2 Å². The van der Waals surface area contributed by atoms with Crippen LogP contribution in [0.3, 0.4) is 0 Å². The molecule has 1 fully saturated rings. The monoisotopic (exact) mass is 390 g/mol. The van der Waals surface area contributed by atoms with E-state index in [0.717, 1.165) is 30.4 Å². The third-order valence-electron chi connectivity index (χ3n) is 3.88. The van der Waals surface area contributed by atoms with Gasteiger partial charge in [-0.3, -0.25) is 10.1 Å². The smallest absolute Gasteiger partial charge is 0.345 e. The van der Waals surface area contributed by atoms with E-state index < -0.39 is 10.9 Å². The maximum Gasteiger partial charge on any atom is 0.345 e. The topological polar surface area (TPSA) is 72.7 Å². The zero-order valence-corrected chi connectivity index (χ0v) is 14.4. The van der Waals surface area contributed by atoms with Gasteiger partial charge >= 0.3 is 5.97 Å². The van der Waals surface area contributed by atoms with Crippen LogP contribution >= 0.6 is 15.9 Å². The van der Waals surface area contributed by atoms with Gasteiger partial charge in [0, 0.05) is 29.7 Å². The molecule has 7 heteroatoms. The van der Waals surface area contributed by atoms with Gasteiger partial charge in [0.25, 0.3) is 5.69 Å². The zero-order valence-electron chi connectivity index (χ0n) is 12.8. The lowest BCUT2D eigenvalue weighted by Crippen LogP contribution is -2.22. The first kappa shape index (κ1) is 16.4. The number of carbonyl (C=O) groups excluding carboxylic acids is 1. The van der Waals surface area contributed by atoms with E-state index in [4.69, 9.17) is 4.74 Å². The minimum Gasteiger partial charge on any atom is -0.423 e. The van der Waals surface area contributed by atoms with Crippen LogP contribution in [0.5, 0.6) is 5.75 Å². The summed E-state index contributed by atoms with van der Waals surface area (Å²) < 4.78 is 6.25. The number of hydrogen-bond acceptors (Lipinski definition) is 5. The predicted octanol–water partition coefficient (Wildman–Crippen LogP) is 4.18. The summed E-state index contributed by atoms with van der Waals surface area (Å²) in [4.78, 5) is 25.2. The van der Waals surface area contributed by atoms with E-state index in [-0.39, 0.29) is 11.3 Å². The van der Waals surface area contributed by atoms with Gasteiger partial charge < -0.3 is 9.64 Å². The van der Waals surface area contributed by atoms with Crippen molar-refractivity contribution in [2.75, 3.05) is 18.0 Å². The second-order valence-electron chi connectivity index (χ2n) is 5.50. The zero-order chi connectivity index (χ0) is 17.1. The van der Waals surface area contributed by atoms with Gasteiger partial charge in [0.05, 0.1) is 16.2 Å². The number of hydrogen-bond donors (Lipinski definition) is 0. The Balaban J connectivity index is 1.93. The number of nitro groups is 1. The average Bonchev–Trinajstić information content (AvgIpc) is 3.10. The number of halogens is 1. The quantitative estimate of drug-likeness (QED) is 0.339. The fraction of sp³-hybridized carbons (Fsp3) is 0.235. The first-order valence-corrected chi connectivity index (χ1v) is 8.35. The van der Waals surface area contributed by atoms with Crippen LogP contribution in [-0.2, 0) is 0 Å². The van der Waals surface area contributed by atoms with E-state index in [1.807, 2.05) is 0 Å². The second-order valence-corrected chi connectivity index (χ2v) is 6.41. The number of non-ortho nitro benzene ring substituents is 1. The van der Waals surface area contributed by atoms with Gasteiger partial charge in [0.15, 0.2) is 0 Å². The molecule has 1 heterocycles. The number of nitro benzene ring substituents is 1. The van der Waals surface area contributed by atoms with Gasteiger partial charge in [0.2, 0.25) is 0 Å². The second kappa shape index (κ2) is 7.00. The molecule has 0 radical (unpaired) electrons. The maximum atomic E-state index is 12.6. The van der Waals surface area contributed by atoms with Crippen LogP contribution in [0.25, 0.3) is 0 Å². The van der Waals surface area contributed by atoms with Crippen LogP contribution in [0.2, 0.25) is 0 Å². The highest BCUT2D eigenvalue weighted by atomic mass is 79.9. The highest BCUT2D eigenvalue weighted by molar-refractivity contribution is 9.10. The molecular weight excluding hydrogens is 376 g/mol. The van der Waals surface area contributed by atoms with E-state index in [9.17, 15) is 14.9 Å². The van der Waals surface area contributed by atoms with Crippen LogP contribution in [-0.4, -0.2) is 24.0 Å². The summed E-state index contributed by atoms with van der Waals surface area (Å²) in [7, 11) is 0. The molecule has 0 bridgehead atoms. The SMILES string of the molecule is O=C(Oc1ccc(Br)cc1)c1cc([N+](=O)[O-])ccc1N1CCCC1. The van der Waals surface area contributed by atoms with E-state index >= 15 is 0 Å². The number of ether oxygens (including phenoxy) is 1. The summed E-state index contributed by atoms with van der Waals surface area (Å²) in [5, 5.41) is 11.0. The molecule has 2 aromatic carbocycles. The number of rotatable bonds is 4. The normalized spacial score (nSPS) is 13.8. The lowest BCUT2D eigenvalue weighted by Gasteiger charge is -2.20. The number of carbonyl (C=O) groups is 1. The van der Waals surface area contributed by atoms with Crippen molar-refractivity contribution in [2.24, 2.45) is 0 Å². The van der Waals surface area contributed by atoms with Crippen LogP contribution in [0.1, 0.15) is 23.2 Å². The summed E-state index contributed by atoms with van der Waals surface area (Å²) in [6, 6.07) is 11.2. The number of esters is 1. The highest BCUT2D eigenvalue weighted by Gasteiger charge is 2.23. The molecule has 124 valence electrons. The fourth-order valence-corrected chi connectivity index (χ4v) is 2.96. The minimum absolute atomic E-state index is 0.124. The highest BCUT2D eigenvalue weighted by Crippen LogP contribution is 2.29. The standard InChI is InChI=1S/C17H15BrN2O4/c18-12-3-6-14(7-4-12)24-17(21)15-11-13(20(22)23)5-8-16(15)19-9-1-2-10-19/h3-8,11H,1-2,9-10H2. The molecule has 2 aromatic rings. The van der Waals surface area contributed by atoms with Crippen molar-refractivity contribution in [3.8, 4) is 5.75 Å². The maximum absolute atomic E-state index is 12.6. The number of anilines is 1. The molecule has 1 aliphatic rings. The first-order valence-electron chi connectivity index (χ1n) is 7.56. The molecular formula is C17H15BrN2O4. The summed E-state index contributed by atoms with van der Waals surface area (Å²) in [6.45, 7) is 1.66. The molecule has 6 nitrogen and oxygen atoms in total. The first-order chi connectivity index (χ1) is 11.5. The lowest BCUT2D eigenvalue weighted by atomic mass is 10.1. The molecule has 0 unspecified atom stereocenters. The Morgan fingerprint density at radius 1 is 1.12 bits per heavy atom. The van der Waals surface area contributed by atoms with E-state index in [2.05, 4.69) is 20.8 Å². The predicted molar refractivity (Wildman–Crippen MR) is 93.6 cm³/mol. The summed E-state index contributed by atoms with van der Waals surface area (Å²) in [6.07, 6.45) is 2.08. The minimum atomic E-state index is -0.595. The van der Waals surface area contributed by atoms with Crippen molar-refractivity contribution in [1.29, 1.82) is 0 Å². The van der Waals surface area contributed by atoms with Crippen molar-refractivity contribution < 1.29 is 14.5 Å². The van der Waals surface area contributed by atoms with Crippen molar-refractivity contribution in [3.63, 3.8) is 0 Å². The largest absolute Gasteiger partial charge is 0.423 e. The number of benzene rings is 2. The Hall–Kier alpha value is -2.41. The Morgan fingerprint density at radius 3 is 2.42 bits per heavy atom. The van der Waals surface area contributed by atoms with Gasteiger partial charge in [-0.1, -0.05) is 15.9 Å². The molecule has 0 saturated carbocycles. The summed E-state index contributed by atoms with van der Waals surface area (Å²) in [5.41, 5.74) is 0.773. The van der Waals surface area contributed by atoms with Gasteiger partial charge in [-0.15, -0.1) is 0 Å². The van der Waals surface area contributed by atoms with Crippen LogP contribution in [0, 0.1) is 10.1 Å². The van der Waals surface area contributed by atoms with Crippen LogP contribution < -0.4 is 9.64 Å². The summed E-state index contributed by atoms with van der Waals surface area (Å²) in [5.74, 6) is -0.204. The molecule has 0 aliphatic carbocycles. The molecule has 3 rings (SSSR count). The van der Waals surface area contributed by atoms with Gasteiger partial charge in [-0.2, -0.15) is 0 Å². The average molecular weight is 391 g/mol. The van der Waals surface area contributed by atoms with Crippen LogP contribution in [0.15, 0.2) is 46.9 Å². The molecule has 1 saturated heterocycles. The van der Waals surface area contributed by atoms with E-state index in [1.165, 1.54) is 12.1 Å². The van der Waals surface area contributed by atoms with Crippen molar-refractivity contribution in [3.05, 3.63) is 62.6 Å². The lowest BCUT2D eigenvalue weighted by molar-refractivity contribution is -0.384. The van der Waals surface area contributed by atoms with E-state index in [1.54, 1.807) is 30.3 Å².